The fourth-order valence-corrected chi connectivity index (χ4v) is 0.718. The summed E-state index contributed by atoms with van der Waals surface area (Å²) in [4.78, 5) is 1.36. The van der Waals surface area contributed by atoms with Crippen LogP contribution in [0.25, 0.3) is 0 Å². The summed E-state index contributed by atoms with van der Waals surface area (Å²) in [5.74, 6) is 0. The predicted octanol–water partition coefficient (Wildman–Crippen LogP) is -3.06. The number of hydrogen-bond donors (Lipinski definition) is 1. The summed E-state index contributed by atoms with van der Waals surface area (Å²) >= 11 is 0. The third-order valence-electron chi connectivity index (χ3n) is 1.06. The first-order valence-corrected chi connectivity index (χ1v) is 2.49. The zero-order valence-corrected chi connectivity index (χ0v) is 5.11. The minimum Gasteiger partial charge on any atom is -1.00 e. The molecule has 0 bridgehead atoms. The molecule has 1 unspecified atom stereocenters. The Morgan fingerprint density at radius 2 is 2.12 bits per heavy atom. The van der Waals surface area contributed by atoms with Gasteiger partial charge in [0.05, 0.1) is 13.2 Å². The first-order chi connectivity index (χ1) is 3.29. The summed E-state index contributed by atoms with van der Waals surface area (Å²) in [6, 6.07) is 0. The van der Waals surface area contributed by atoms with E-state index in [1.165, 1.54) is 10.5 Å². The fourth-order valence-electron chi connectivity index (χ4n) is 0.718. The van der Waals surface area contributed by atoms with Crippen LogP contribution in [0.2, 0.25) is 0 Å². The molecule has 0 aromatic heterocycles. The smallest absolute Gasteiger partial charge is 0.102 e. The number of nitrogens with one attached hydrogen (secondary N) is 1. The molecule has 2 heteroatoms. The predicted molar refractivity (Wildman–Crippen MR) is 29.8 cm³/mol. The van der Waals surface area contributed by atoms with Gasteiger partial charge in [0.1, 0.15) is 6.20 Å². The molecule has 0 aliphatic carbocycles. The van der Waals surface area contributed by atoms with Crippen LogP contribution in [0.5, 0.6) is 0 Å². The minimum atomic E-state index is 0. The van der Waals surface area contributed by atoms with Gasteiger partial charge in [0.15, 0.2) is 0 Å². The Balaban J connectivity index is 0.000000490. The van der Waals surface area contributed by atoms with Gasteiger partial charge in [-0.15, -0.1) is 0 Å². The average molecular weight is 115 g/mol. The molecule has 0 saturated heterocycles. The van der Waals surface area contributed by atoms with E-state index in [9.17, 15) is 0 Å². The highest BCUT2D eigenvalue weighted by Gasteiger charge is 1.98. The van der Waals surface area contributed by atoms with Gasteiger partial charge in [0, 0.05) is 5.57 Å². The van der Waals surface area contributed by atoms with Gasteiger partial charge >= 0.3 is 0 Å². The van der Waals surface area contributed by atoms with Gasteiger partial charge in [0.2, 0.25) is 0 Å². The lowest BCUT2D eigenvalue weighted by molar-refractivity contribution is -0.763. The zero-order chi connectivity index (χ0) is 5.28. The number of allylic oxidation sites excluding steroid dienone is 2. The molecule has 0 saturated carbocycles. The van der Waals surface area contributed by atoms with Crippen molar-refractivity contribution >= 4 is 0 Å². The van der Waals surface area contributed by atoms with Crippen molar-refractivity contribution in [3.63, 3.8) is 0 Å². The Morgan fingerprint density at radius 3 is 2.25 bits per heavy atom. The second-order valence-corrected chi connectivity index (χ2v) is 1.97. The summed E-state index contributed by atoms with van der Waals surface area (Å²) in [5.41, 5.74) is 1.36. The maximum absolute atomic E-state index is 2.17. The Hall–Kier alpha value is -0.630. The van der Waals surface area contributed by atoms with Crippen molar-refractivity contribution in [3.8, 4) is 0 Å². The quantitative estimate of drug-likeness (QED) is 0.342. The first kappa shape index (κ1) is 7.37. The van der Waals surface area contributed by atoms with Crippen molar-refractivity contribution in [1.82, 2.24) is 0 Å². The Morgan fingerprint density at radius 1 is 1.50 bits per heavy atom. The molecule has 1 nitrogen and oxygen atoms in total. The van der Waals surface area contributed by atoms with Crippen LogP contribution in [0.1, 0.15) is 6.92 Å². The lowest BCUT2D eigenvalue weighted by Gasteiger charge is -1.90. The molecule has 8 heavy (non-hydrogen) atoms. The van der Waals surface area contributed by atoms with Crippen LogP contribution in [0.4, 0.5) is 0 Å². The second kappa shape index (κ2) is 2.62. The summed E-state index contributed by atoms with van der Waals surface area (Å²) in [5, 5.41) is 0. The molecule has 1 aliphatic rings. The number of hydrogen-bond acceptors (Lipinski definition) is 0. The third-order valence-corrected chi connectivity index (χ3v) is 1.06. The molecule has 46 valence electrons. The van der Waals surface area contributed by atoms with Crippen molar-refractivity contribution in [2.45, 2.75) is 6.92 Å². The van der Waals surface area contributed by atoms with Crippen LogP contribution < -0.4 is 9.60 Å². The Labute approximate surface area is 48.7 Å². The highest BCUT2D eigenvalue weighted by Crippen LogP contribution is 1.91. The lowest BCUT2D eigenvalue weighted by atomic mass is 10.4. The Kier molecular flexibility index (Phi) is 2.42. The SMILES string of the molecule is CC1=C[NH+](C)C=C1.[F-]. The van der Waals surface area contributed by atoms with Crippen LogP contribution >= 0.6 is 0 Å². The highest BCUT2D eigenvalue weighted by molar-refractivity contribution is 5.14. The molecular weight excluding hydrogens is 105 g/mol. The molecule has 0 aromatic rings. The number of halogens is 1. The lowest BCUT2D eigenvalue weighted by Crippen LogP contribution is -3.00. The summed E-state index contributed by atoms with van der Waals surface area (Å²) in [6.45, 7) is 2.10. The summed E-state index contributed by atoms with van der Waals surface area (Å²) < 4.78 is 0. The maximum Gasteiger partial charge on any atom is 0.102 e. The van der Waals surface area contributed by atoms with Crippen LogP contribution in [0.15, 0.2) is 24.0 Å². The number of rotatable bonds is 0. The molecule has 1 aliphatic heterocycles. The number of quaternary nitrogens is 1. The van der Waals surface area contributed by atoms with Crippen molar-refractivity contribution in [3.05, 3.63) is 24.0 Å². The molecule has 1 rings (SSSR count). The van der Waals surface area contributed by atoms with Gasteiger partial charge in [-0.2, -0.15) is 0 Å². The largest absolute Gasteiger partial charge is 1.00 e. The normalized spacial score (nSPS) is 24.8. The standard InChI is InChI=1S/C6H9N.FH/c1-6-3-4-7(2)5-6;/h3-5H,1-2H3;1H. The zero-order valence-electron chi connectivity index (χ0n) is 5.11. The monoisotopic (exact) mass is 115 g/mol. The van der Waals surface area contributed by atoms with Crippen molar-refractivity contribution in [2.24, 2.45) is 0 Å². The van der Waals surface area contributed by atoms with Crippen molar-refractivity contribution in [1.29, 1.82) is 0 Å². The van der Waals surface area contributed by atoms with Gasteiger partial charge in [-0.25, -0.2) is 0 Å². The van der Waals surface area contributed by atoms with E-state index in [2.05, 4.69) is 32.4 Å². The van der Waals surface area contributed by atoms with E-state index in [0.717, 1.165) is 0 Å². The molecule has 0 radical (unpaired) electrons. The molecular formula is C6H10FN. The third kappa shape index (κ3) is 1.46. The molecule has 0 fully saturated rings. The van der Waals surface area contributed by atoms with Crippen LogP contribution in [-0.4, -0.2) is 7.05 Å². The average Bonchev–Trinajstić information content (AvgIpc) is 1.87. The molecule has 0 aromatic carbocycles. The van der Waals surface area contributed by atoms with Gasteiger partial charge in [0.25, 0.3) is 0 Å². The van der Waals surface area contributed by atoms with E-state index in [4.69, 9.17) is 0 Å². The second-order valence-electron chi connectivity index (χ2n) is 1.97. The first-order valence-electron chi connectivity index (χ1n) is 2.49. The summed E-state index contributed by atoms with van der Waals surface area (Å²) in [7, 11) is 2.10. The molecule has 0 amide bonds. The van der Waals surface area contributed by atoms with E-state index in [0.29, 0.717) is 0 Å². The van der Waals surface area contributed by atoms with E-state index in [-0.39, 0.29) is 4.70 Å². The van der Waals surface area contributed by atoms with Crippen LogP contribution in [-0.2, 0) is 0 Å². The summed E-state index contributed by atoms with van der Waals surface area (Å²) in [6.07, 6.45) is 6.41. The van der Waals surface area contributed by atoms with E-state index < -0.39 is 0 Å². The maximum atomic E-state index is 2.17. The molecule has 1 heterocycles. The van der Waals surface area contributed by atoms with Gasteiger partial charge in [-0.05, 0) is 13.0 Å². The van der Waals surface area contributed by atoms with Gasteiger partial charge < -0.3 is 4.70 Å². The van der Waals surface area contributed by atoms with Crippen molar-refractivity contribution in [2.75, 3.05) is 7.05 Å². The highest BCUT2D eigenvalue weighted by atomic mass is 19.0. The fraction of sp³-hybridized carbons (Fsp3) is 0.333. The Bertz CT molecular complexity index is 126. The minimum absolute atomic E-state index is 0. The van der Waals surface area contributed by atoms with Gasteiger partial charge in [-0.1, -0.05) is 0 Å². The van der Waals surface area contributed by atoms with Gasteiger partial charge in [-0.3, -0.25) is 4.90 Å². The van der Waals surface area contributed by atoms with Crippen molar-refractivity contribution < 1.29 is 9.60 Å². The van der Waals surface area contributed by atoms with Crippen LogP contribution in [0, 0.1) is 0 Å². The molecule has 1 atom stereocenters. The van der Waals surface area contributed by atoms with E-state index in [1.807, 2.05) is 0 Å². The van der Waals surface area contributed by atoms with Crippen LogP contribution in [0.3, 0.4) is 0 Å². The van der Waals surface area contributed by atoms with E-state index >= 15 is 0 Å². The topological polar surface area (TPSA) is 4.44 Å². The molecule has 0 spiro atoms. The molecule has 1 N–H and O–H groups in total. The van der Waals surface area contributed by atoms with E-state index in [1.54, 1.807) is 0 Å².